The van der Waals surface area contributed by atoms with Crippen LogP contribution in [0.5, 0.6) is 0 Å². The monoisotopic (exact) mass is 246 g/mol. The van der Waals surface area contributed by atoms with Crippen molar-refractivity contribution in [1.82, 2.24) is 8.97 Å². The minimum absolute atomic E-state index is 0.282. The lowest BCUT2D eigenvalue weighted by atomic mass is 9.81. The van der Waals surface area contributed by atoms with Gasteiger partial charge in [-0.2, -0.15) is 0 Å². The van der Waals surface area contributed by atoms with Gasteiger partial charge in [-0.15, -0.1) is 0 Å². The Morgan fingerprint density at radius 3 is 2.22 bits per heavy atom. The van der Waals surface area contributed by atoms with Crippen LogP contribution in [0.1, 0.15) is 27.7 Å². The lowest BCUT2D eigenvalue weighted by Gasteiger charge is -2.32. The predicted octanol–water partition coefficient (Wildman–Crippen LogP) is 1.58. The molecule has 4 nitrogen and oxygen atoms in total. The second-order valence-corrected chi connectivity index (χ2v) is 6.04. The molecule has 0 atom stereocenters. The molecular weight excluding hydrogens is 227 g/mol. The molecular formula is C13H19BN2O2. The van der Waals surface area contributed by atoms with Gasteiger partial charge in [0.1, 0.15) is 5.65 Å². The maximum atomic E-state index is 6.04. The van der Waals surface area contributed by atoms with Gasteiger partial charge < -0.3 is 18.3 Å². The van der Waals surface area contributed by atoms with Crippen LogP contribution in [0.25, 0.3) is 5.65 Å². The molecule has 5 heteroatoms. The van der Waals surface area contributed by atoms with Crippen LogP contribution in [-0.4, -0.2) is 27.3 Å². The fourth-order valence-corrected chi connectivity index (χ4v) is 2.25. The molecule has 1 saturated heterocycles. The molecule has 0 bridgehead atoms. The highest BCUT2D eigenvalue weighted by atomic mass is 16.7. The van der Waals surface area contributed by atoms with E-state index in [-0.39, 0.29) is 18.3 Å². The van der Waals surface area contributed by atoms with Crippen LogP contribution in [0.15, 0.2) is 24.7 Å². The van der Waals surface area contributed by atoms with E-state index >= 15 is 0 Å². The summed E-state index contributed by atoms with van der Waals surface area (Å²) >= 11 is 0. The molecule has 1 aliphatic rings. The number of rotatable bonds is 1. The van der Waals surface area contributed by atoms with Crippen molar-refractivity contribution >= 4 is 18.2 Å². The number of hydrogen-bond acceptors (Lipinski definition) is 2. The summed E-state index contributed by atoms with van der Waals surface area (Å²) in [5.74, 6) is 0. The average Bonchev–Trinajstić information content (AvgIpc) is 2.84. The third kappa shape index (κ3) is 1.54. The second-order valence-electron chi connectivity index (χ2n) is 6.04. The van der Waals surface area contributed by atoms with E-state index in [1.807, 2.05) is 19.4 Å². The fourth-order valence-electron chi connectivity index (χ4n) is 2.25. The highest BCUT2D eigenvalue weighted by molar-refractivity contribution is 6.62. The Bertz CT molecular complexity index is 581. The van der Waals surface area contributed by atoms with Crippen LogP contribution in [0.4, 0.5) is 0 Å². The number of aryl methyl sites for hydroxylation is 1. The lowest BCUT2D eigenvalue weighted by Crippen LogP contribution is -2.41. The van der Waals surface area contributed by atoms with Crippen molar-refractivity contribution in [2.24, 2.45) is 7.05 Å². The van der Waals surface area contributed by atoms with Gasteiger partial charge >= 0.3 is 7.12 Å². The zero-order valence-electron chi connectivity index (χ0n) is 11.6. The maximum Gasteiger partial charge on any atom is 0.496 e. The summed E-state index contributed by atoms with van der Waals surface area (Å²) in [5.41, 5.74) is 1.64. The van der Waals surface area contributed by atoms with Crippen molar-refractivity contribution in [2.75, 3.05) is 0 Å². The minimum Gasteiger partial charge on any atom is -0.399 e. The summed E-state index contributed by atoms with van der Waals surface area (Å²) in [7, 11) is 1.75. The molecule has 2 aromatic heterocycles. The Morgan fingerprint density at radius 1 is 1.06 bits per heavy atom. The highest BCUT2D eigenvalue weighted by Crippen LogP contribution is 2.36. The quantitative estimate of drug-likeness (QED) is 0.714. The first-order chi connectivity index (χ1) is 8.30. The first-order valence-electron chi connectivity index (χ1n) is 6.29. The molecule has 0 N–H and O–H groups in total. The number of fused-ring (bicyclic) bond motifs is 1. The zero-order valence-corrected chi connectivity index (χ0v) is 11.6. The first kappa shape index (κ1) is 11.9. The molecule has 2 aromatic rings. The lowest BCUT2D eigenvalue weighted by molar-refractivity contribution is 0.00578. The summed E-state index contributed by atoms with van der Waals surface area (Å²) in [6, 6.07) is 2.11. The molecule has 0 aromatic carbocycles. The van der Waals surface area contributed by atoms with Gasteiger partial charge in [0.2, 0.25) is 0 Å². The molecule has 18 heavy (non-hydrogen) atoms. The Balaban J connectivity index is 1.97. The minimum atomic E-state index is -0.286. The third-order valence-electron chi connectivity index (χ3n) is 4.19. The van der Waals surface area contributed by atoms with Gasteiger partial charge in [-0.3, -0.25) is 0 Å². The normalized spacial score (nSPS) is 21.9. The van der Waals surface area contributed by atoms with Crippen molar-refractivity contribution in [1.29, 1.82) is 0 Å². The number of aromatic nitrogens is 2. The maximum absolute atomic E-state index is 6.04. The Kier molecular flexibility index (Phi) is 2.26. The molecule has 0 saturated carbocycles. The average molecular weight is 246 g/mol. The molecule has 3 heterocycles. The van der Waals surface area contributed by atoms with Crippen LogP contribution in [0.3, 0.4) is 0 Å². The Hall–Kier alpha value is -1.20. The zero-order chi connectivity index (χ0) is 13.1. The molecule has 0 amide bonds. The molecule has 0 spiro atoms. The SMILES string of the molecule is Cn1ccn2cc(B3OC(C)(C)C(C)(C)O3)cc12. The summed E-state index contributed by atoms with van der Waals surface area (Å²) in [6.45, 7) is 8.29. The van der Waals surface area contributed by atoms with Crippen LogP contribution in [0.2, 0.25) is 0 Å². The van der Waals surface area contributed by atoms with E-state index in [9.17, 15) is 0 Å². The first-order valence-corrected chi connectivity index (χ1v) is 6.29. The number of nitrogens with zero attached hydrogens (tertiary/aromatic N) is 2. The van der Waals surface area contributed by atoms with Gasteiger partial charge in [0, 0.05) is 31.1 Å². The molecule has 0 radical (unpaired) electrons. The van der Waals surface area contributed by atoms with E-state index in [4.69, 9.17) is 9.31 Å². The van der Waals surface area contributed by atoms with Gasteiger partial charge in [0.25, 0.3) is 0 Å². The molecule has 1 aliphatic heterocycles. The van der Waals surface area contributed by atoms with Crippen LogP contribution in [-0.2, 0) is 16.4 Å². The van der Waals surface area contributed by atoms with Gasteiger partial charge in [-0.25, -0.2) is 0 Å². The van der Waals surface area contributed by atoms with E-state index in [0.717, 1.165) is 11.1 Å². The van der Waals surface area contributed by atoms with Crippen molar-refractivity contribution in [2.45, 2.75) is 38.9 Å². The van der Waals surface area contributed by atoms with Crippen LogP contribution >= 0.6 is 0 Å². The molecule has 3 rings (SSSR count). The number of hydrogen-bond donors (Lipinski definition) is 0. The second kappa shape index (κ2) is 3.42. The largest absolute Gasteiger partial charge is 0.496 e. The van der Waals surface area contributed by atoms with Crippen LogP contribution in [0, 0.1) is 0 Å². The van der Waals surface area contributed by atoms with E-state index in [1.54, 1.807) is 0 Å². The summed E-state index contributed by atoms with van der Waals surface area (Å²) in [5, 5.41) is 0. The predicted molar refractivity (Wildman–Crippen MR) is 72.1 cm³/mol. The van der Waals surface area contributed by atoms with Crippen molar-refractivity contribution in [3.05, 3.63) is 24.7 Å². The summed E-state index contributed by atoms with van der Waals surface area (Å²) in [4.78, 5) is 0. The summed E-state index contributed by atoms with van der Waals surface area (Å²) < 4.78 is 16.3. The standard InChI is InChI=1S/C13H19BN2O2/c1-12(2)13(3,4)18-14(17-12)10-8-11-15(5)6-7-16(11)9-10/h6-9H,1-5H3. The van der Waals surface area contributed by atoms with E-state index in [2.05, 4.69) is 48.9 Å². The number of imidazole rings is 1. The third-order valence-corrected chi connectivity index (χ3v) is 4.19. The van der Waals surface area contributed by atoms with Crippen LogP contribution < -0.4 is 5.46 Å². The molecule has 1 fully saturated rings. The van der Waals surface area contributed by atoms with E-state index in [0.29, 0.717) is 0 Å². The van der Waals surface area contributed by atoms with Gasteiger partial charge in [-0.1, -0.05) is 0 Å². The Labute approximate surface area is 108 Å². The van der Waals surface area contributed by atoms with E-state index in [1.165, 1.54) is 0 Å². The topological polar surface area (TPSA) is 27.8 Å². The van der Waals surface area contributed by atoms with Gasteiger partial charge in [0.15, 0.2) is 0 Å². The summed E-state index contributed by atoms with van der Waals surface area (Å²) in [6.07, 6.45) is 6.13. The molecule has 96 valence electrons. The molecule has 0 aliphatic carbocycles. The van der Waals surface area contributed by atoms with Crippen molar-refractivity contribution in [3.8, 4) is 0 Å². The van der Waals surface area contributed by atoms with E-state index < -0.39 is 0 Å². The molecule has 0 unspecified atom stereocenters. The van der Waals surface area contributed by atoms with Gasteiger partial charge in [-0.05, 0) is 33.8 Å². The van der Waals surface area contributed by atoms with Crippen molar-refractivity contribution < 1.29 is 9.31 Å². The fraction of sp³-hybridized carbons (Fsp3) is 0.538. The van der Waals surface area contributed by atoms with Crippen molar-refractivity contribution in [3.63, 3.8) is 0 Å². The Morgan fingerprint density at radius 2 is 1.67 bits per heavy atom. The van der Waals surface area contributed by atoms with Gasteiger partial charge in [0.05, 0.1) is 11.2 Å². The smallest absolute Gasteiger partial charge is 0.399 e. The highest BCUT2D eigenvalue weighted by Gasteiger charge is 2.52.